The van der Waals surface area contributed by atoms with Crippen molar-refractivity contribution in [1.82, 2.24) is 10.2 Å². The zero-order valence-corrected chi connectivity index (χ0v) is 18.0. The maximum Gasteiger partial charge on any atom is 0.254 e. The molecule has 0 bridgehead atoms. The zero-order valence-electron chi connectivity index (χ0n) is 17.1. The number of rotatable bonds is 7. The molecule has 156 valence electrons. The molecule has 2 aromatic rings. The molecule has 0 saturated carbocycles. The Bertz CT molecular complexity index is 837. The van der Waals surface area contributed by atoms with E-state index in [4.69, 9.17) is 9.47 Å². The number of carbonyl (C=O) groups is 2. The van der Waals surface area contributed by atoms with E-state index in [1.807, 2.05) is 37.4 Å². The van der Waals surface area contributed by atoms with Gasteiger partial charge in [0.15, 0.2) is 5.60 Å². The highest BCUT2D eigenvalue weighted by Crippen LogP contribution is 2.31. The van der Waals surface area contributed by atoms with Crippen molar-refractivity contribution in [3.05, 3.63) is 46.7 Å². The van der Waals surface area contributed by atoms with Crippen molar-refractivity contribution in [1.29, 1.82) is 0 Å². The normalized spacial score (nSPS) is 19.4. The Balaban J connectivity index is 1.95. The van der Waals surface area contributed by atoms with Gasteiger partial charge in [0.1, 0.15) is 6.61 Å². The van der Waals surface area contributed by atoms with E-state index in [1.54, 1.807) is 16.2 Å². The Morgan fingerprint density at radius 3 is 2.79 bits per heavy atom. The van der Waals surface area contributed by atoms with Gasteiger partial charge in [-0.3, -0.25) is 9.59 Å². The second kappa shape index (κ2) is 9.52. The van der Waals surface area contributed by atoms with Crippen LogP contribution >= 0.6 is 11.3 Å². The smallest absolute Gasteiger partial charge is 0.254 e. The second-order valence-electron chi connectivity index (χ2n) is 7.57. The summed E-state index contributed by atoms with van der Waals surface area (Å²) in [7, 11) is 1.49. The molecule has 1 aliphatic heterocycles. The predicted octanol–water partition coefficient (Wildman–Crippen LogP) is 2.73. The average molecular weight is 417 g/mol. The fraction of sp³-hybridized carbons (Fsp3) is 0.455. The predicted molar refractivity (Wildman–Crippen MR) is 114 cm³/mol. The number of carbonyl (C=O) groups excluding carboxylic acids is 2. The first-order chi connectivity index (χ1) is 13.9. The van der Waals surface area contributed by atoms with Gasteiger partial charge >= 0.3 is 0 Å². The van der Waals surface area contributed by atoms with Crippen LogP contribution in [-0.2, 0) is 25.5 Å². The zero-order chi connectivity index (χ0) is 20.9. The fourth-order valence-corrected chi connectivity index (χ4v) is 4.27. The van der Waals surface area contributed by atoms with Crippen LogP contribution in [0, 0.1) is 0 Å². The van der Waals surface area contributed by atoms with Gasteiger partial charge in [-0.05, 0) is 47.4 Å². The summed E-state index contributed by atoms with van der Waals surface area (Å²) in [5.41, 5.74) is 2.08. The van der Waals surface area contributed by atoms with E-state index in [9.17, 15) is 9.59 Å². The van der Waals surface area contributed by atoms with Gasteiger partial charge in [-0.2, -0.15) is 11.3 Å². The van der Waals surface area contributed by atoms with Crippen LogP contribution in [0.3, 0.4) is 0 Å². The lowest BCUT2D eigenvalue weighted by molar-refractivity contribution is -0.167. The summed E-state index contributed by atoms with van der Waals surface area (Å²) in [5, 5.41) is 7.12. The number of benzene rings is 1. The Morgan fingerprint density at radius 2 is 2.10 bits per heavy atom. The fourth-order valence-electron chi connectivity index (χ4n) is 3.61. The van der Waals surface area contributed by atoms with Crippen LogP contribution in [0.4, 0.5) is 0 Å². The summed E-state index contributed by atoms with van der Waals surface area (Å²) in [6.07, 6.45) is 0.383. The Labute approximate surface area is 175 Å². The second-order valence-corrected chi connectivity index (χ2v) is 8.35. The number of nitrogens with one attached hydrogen (secondary N) is 1. The number of ether oxygens (including phenoxy) is 2. The quantitative estimate of drug-likeness (QED) is 0.754. The van der Waals surface area contributed by atoms with Crippen molar-refractivity contribution in [3.8, 4) is 11.1 Å². The third-order valence-corrected chi connectivity index (χ3v) is 5.65. The van der Waals surface area contributed by atoms with Gasteiger partial charge in [-0.15, -0.1) is 0 Å². The van der Waals surface area contributed by atoms with Crippen molar-refractivity contribution in [2.24, 2.45) is 0 Å². The molecule has 0 radical (unpaired) electrons. The van der Waals surface area contributed by atoms with Crippen LogP contribution in [0.1, 0.15) is 19.4 Å². The highest BCUT2D eigenvalue weighted by molar-refractivity contribution is 7.08. The molecular weight excluding hydrogens is 388 g/mol. The van der Waals surface area contributed by atoms with Crippen LogP contribution in [0.5, 0.6) is 0 Å². The van der Waals surface area contributed by atoms with Gasteiger partial charge in [0.05, 0.1) is 13.2 Å². The molecule has 1 aromatic carbocycles. The minimum Gasteiger partial charge on any atom is -0.375 e. The van der Waals surface area contributed by atoms with Crippen molar-refractivity contribution >= 4 is 23.2 Å². The van der Waals surface area contributed by atoms with Crippen molar-refractivity contribution in [2.45, 2.75) is 31.9 Å². The average Bonchev–Trinajstić information content (AvgIpc) is 3.23. The number of hydrogen-bond donors (Lipinski definition) is 1. The van der Waals surface area contributed by atoms with Crippen LogP contribution in [0.2, 0.25) is 0 Å². The van der Waals surface area contributed by atoms with Gasteiger partial charge in [0, 0.05) is 26.1 Å². The molecule has 0 unspecified atom stereocenters. The van der Waals surface area contributed by atoms with E-state index in [2.05, 4.69) is 22.8 Å². The monoisotopic (exact) mass is 416 g/mol. The number of thiophene rings is 1. The molecule has 0 aliphatic carbocycles. The third-order valence-electron chi connectivity index (χ3n) is 4.97. The SMILES string of the molecule is COCC(=O)N1CCO[C@@](Cc2ccccc2-c2ccsc2)(C(=O)NC(C)C)C1. The summed E-state index contributed by atoms with van der Waals surface area (Å²) in [5.74, 6) is -0.328. The highest BCUT2D eigenvalue weighted by Gasteiger charge is 2.45. The first kappa shape index (κ1) is 21.5. The minimum absolute atomic E-state index is 0.00658. The van der Waals surface area contributed by atoms with E-state index in [0.717, 1.165) is 16.7 Å². The van der Waals surface area contributed by atoms with E-state index in [0.29, 0.717) is 19.6 Å². The highest BCUT2D eigenvalue weighted by atomic mass is 32.1. The first-order valence-electron chi connectivity index (χ1n) is 9.77. The number of hydrogen-bond acceptors (Lipinski definition) is 5. The Morgan fingerprint density at radius 1 is 1.31 bits per heavy atom. The summed E-state index contributed by atoms with van der Waals surface area (Å²) >= 11 is 1.64. The molecule has 3 rings (SSSR count). The standard InChI is InChI=1S/C22H28N2O4S/c1-16(2)23-21(26)22(15-24(9-10-28-22)20(25)13-27-3)12-17-6-4-5-7-19(17)18-8-11-29-14-18/h4-8,11,14,16H,9-10,12-13,15H2,1-3H3,(H,23,26)/t22-/m1/s1. The molecule has 29 heavy (non-hydrogen) atoms. The summed E-state index contributed by atoms with van der Waals surface area (Å²) in [6.45, 7) is 4.79. The van der Waals surface area contributed by atoms with Crippen LogP contribution in [-0.4, -0.2) is 61.8 Å². The van der Waals surface area contributed by atoms with E-state index >= 15 is 0 Å². The maximum atomic E-state index is 13.3. The Kier molecular flexibility index (Phi) is 7.05. The van der Waals surface area contributed by atoms with E-state index in [-0.39, 0.29) is 31.0 Å². The lowest BCUT2D eigenvalue weighted by atomic mass is 9.87. The first-order valence-corrected chi connectivity index (χ1v) is 10.7. The third kappa shape index (κ3) is 5.04. The van der Waals surface area contributed by atoms with Crippen molar-refractivity contribution in [3.63, 3.8) is 0 Å². The summed E-state index contributed by atoms with van der Waals surface area (Å²) in [6, 6.07) is 10.1. The number of nitrogens with zero attached hydrogens (tertiary/aromatic N) is 1. The van der Waals surface area contributed by atoms with Gasteiger partial charge in [-0.1, -0.05) is 24.3 Å². The minimum atomic E-state index is -1.14. The van der Waals surface area contributed by atoms with Gasteiger partial charge < -0.3 is 19.7 Å². The molecular formula is C22H28N2O4S. The molecule has 0 spiro atoms. The van der Waals surface area contributed by atoms with Crippen LogP contribution < -0.4 is 5.32 Å². The van der Waals surface area contributed by atoms with E-state index in [1.165, 1.54) is 7.11 Å². The van der Waals surface area contributed by atoms with Gasteiger partial charge in [0.25, 0.3) is 5.91 Å². The summed E-state index contributed by atoms with van der Waals surface area (Å²) < 4.78 is 11.1. The molecule has 1 N–H and O–H groups in total. The lowest BCUT2D eigenvalue weighted by Gasteiger charge is -2.42. The molecule has 2 amide bonds. The molecule has 1 aromatic heterocycles. The Hall–Kier alpha value is -2.22. The number of amides is 2. The molecule has 2 heterocycles. The number of morpholine rings is 1. The molecule has 6 nitrogen and oxygen atoms in total. The molecule has 7 heteroatoms. The van der Waals surface area contributed by atoms with Gasteiger partial charge in [0.2, 0.25) is 5.91 Å². The van der Waals surface area contributed by atoms with Crippen molar-refractivity contribution in [2.75, 3.05) is 33.4 Å². The number of methoxy groups -OCH3 is 1. The summed E-state index contributed by atoms with van der Waals surface area (Å²) in [4.78, 5) is 27.4. The lowest BCUT2D eigenvalue weighted by Crippen LogP contribution is -2.63. The molecule has 1 atom stereocenters. The topological polar surface area (TPSA) is 67.9 Å². The van der Waals surface area contributed by atoms with E-state index < -0.39 is 5.60 Å². The molecule has 1 fully saturated rings. The largest absolute Gasteiger partial charge is 0.375 e. The van der Waals surface area contributed by atoms with Crippen molar-refractivity contribution < 1.29 is 19.1 Å². The molecule has 1 aliphatic rings. The van der Waals surface area contributed by atoms with Crippen LogP contribution in [0.15, 0.2) is 41.1 Å². The molecule has 1 saturated heterocycles. The maximum absolute atomic E-state index is 13.3. The van der Waals surface area contributed by atoms with Crippen LogP contribution in [0.25, 0.3) is 11.1 Å². The van der Waals surface area contributed by atoms with Gasteiger partial charge in [-0.25, -0.2) is 0 Å².